The van der Waals surface area contributed by atoms with E-state index in [1.165, 1.54) is 56.6 Å². The van der Waals surface area contributed by atoms with Gasteiger partial charge in [-0.15, -0.1) is 4.13 Å². The molecule has 3 rings (SSSR count). The highest BCUT2D eigenvalue weighted by molar-refractivity contribution is 8.04. The normalized spacial score (nSPS) is 12.4. The van der Waals surface area contributed by atoms with Gasteiger partial charge in [0.15, 0.2) is 4.90 Å². The number of nitro benzene ring substituents is 1. The Balaban J connectivity index is 2.05. The third-order valence-corrected chi connectivity index (χ3v) is 10.2. The van der Waals surface area contributed by atoms with Gasteiger partial charge < -0.3 is 11.1 Å². The molecule has 0 heterocycles. The number of nitrogens with two attached hydrogens (primary N) is 1. The van der Waals surface area contributed by atoms with Crippen LogP contribution >= 0.6 is 0 Å². The second kappa shape index (κ2) is 9.82. The van der Waals surface area contributed by atoms with E-state index in [2.05, 4.69) is 5.32 Å². The molecule has 0 unspecified atom stereocenters. The van der Waals surface area contributed by atoms with Gasteiger partial charge in [-0.05, 0) is 42.5 Å². The lowest BCUT2D eigenvalue weighted by Gasteiger charge is -2.15. The number of nitrogens with zero attached hydrogens (tertiary/aromatic N) is 2. The first-order chi connectivity index (χ1) is 16.7. The Kier molecular flexibility index (Phi) is 7.37. The summed E-state index contributed by atoms with van der Waals surface area (Å²) in [5.74, 6) is 0. The lowest BCUT2D eigenvalue weighted by Crippen LogP contribution is -2.31. The van der Waals surface area contributed by atoms with E-state index in [4.69, 9.17) is 5.73 Å². The zero-order valence-electron chi connectivity index (χ0n) is 18.8. The van der Waals surface area contributed by atoms with Gasteiger partial charge in [0.05, 0.1) is 15.5 Å². The lowest BCUT2D eigenvalue weighted by molar-refractivity contribution is -0.386. The predicted octanol–water partition coefficient (Wildman–Crippen LogP) is 1.84. The number of sulfonamides is 3. The van der Waals surface area contributed by atoms with E-state index in [1.807, 2.05) is 0 Å². The van der Waals surface area contributed by atoms with E-state index in [0.29, 0.717) is 0 Å². The van der Waals surface area contributed by atoms with Crippen LogP contribution in [0, 0.1) is 10.1 Å². The summed E-state index contributed by atoms with van der Waals surface area (Å²) in [5.41, 5.74) is 4.43. The molecule has 0 aliphatic heterocycles. The summed E-state index contributed by atoms with van der Waals surface area (Å²) in [7, 11) is -11.0. The van der Waals surface area contributed by atoms with Crippen molar-refractivity contribution < 1.29 is 30.2 Å². The zero-order valence-corrected chi connectivity index (χ0v) is 21.3. The first kappa shape index (κ1) is 27.0. The summed E-state index contributed by atoms with van der Waals surface area (Å²) < 4.78 is 78.4. The number of rotatable bonds is 9. The number of nitrogen functional groups attached to an aromatic ring is 1. The molecular formula is C20H21N5O8S3. The Bertz CT molecular complexity index is 1640. The molecule has 36 heavy (non-hydrogen) atoms. The minimum atomic E-state index is -4.72. The van der Waals surface area contributed by atoms with Crippen molar-refractivity contribution in [1.82, 2.24) is 8.43 Å². The average Bonchev–Trinajstić information content (AvgIpc) is 2.79. The van der Waals surface area contributed by atoms with Crippen LogP contribution in [0.15, 0.2) is 81.4 Å². The topological polar surface area (TPSA) is 199 Å². The molecule has 0 aliphatic carbocycles. The van der Waals surface area contributed by atoms with Crippen molar-refractivity contribution in [3.63, 3.8) is 0 Å². The van der Waals surface area contributed by atoms with Gasteiger partial charge in [-0.3, -0.25) is 10.1 Å². The number of hydrogen-bond donors (Lipinski definition) is 3. The molecule has 3 aromatic rings. The van der Waals surface area contributed by atoms with Gasteiger partial charge in [-0.25, -0.2) is 29.6 Å². The first-order valence-corrected chi connectivity index (χ1v) is 14.3. The van der Waals surface area contributed by atoms with E-state index in [1.54, 1.807) is 10.2 Å². The SMILES string of the molecule is CN(C)S(=O)(=O)c1cccc(Nc2ccc(N)c(S(=O)(=O)NS(=O)(=O)c3ccccc3)c2)c1[N+](=O)[O-]. The molecule has 0 radical (unpaired) electrons. The first-order valence-electron chi connectivity index (χ1n) is 9.87. The highest BCUT2D eigenvalue weighted by Crippen LogP contribution is 2.36. The molecule has 0 atom stereocenters. The van der Waals surface area contributed by atoms with Crippen LogP contribution in [0.25, 0.3) is 0 Å². The summed E-state index contributed by atoms with van der Waals surface area (Å²) in [6.45, 7) is 0. The average molecular weight is 556 g/mol. The Morgan fingerprint density at radius 2 is 1.47 bits per heavy atom. The van der Waals surface area contributed by atoms with Crippen LogP contribution < -0.4 is 15.2 Å². The fourth-order valence-corrected chi connectivity index (χ4v) is 7.20. The minimum absolute atomic E-state index is 0.0378. The molecule has 0 aromatic heterocycles. The monoisotopic (exact) mass is 555 g/mol. The number of benzene rings is 3. The third-order valence-electron chi connectivity index (χ3n) is 4.80. The van der Waals surface area contributed by atoms with Crippen molar-refractivity contribution in [2.45, 2.75) is 14.7 Å². The maximum Gasteiger partial charge on any atom is 0.312 e. The smallest absolute Gasteiger partial charge is 0.312 e. The van der Waals surface area contributed by atoms with Crippen LogP contribution in [-0.4, -0.2) is 48.6 Å². The number of hydrogen-bond acceptors (Lipinski definition) is 10. The van der Waals surface area contributed by atoms with Crippen molar-refractivity contribution >= 4 is 52.8 Å². The van der Waals surface area contributed by atoms with Crippen molar-refractivity contribution in [2.24, 2.45) is 0 Å². The molecule has 0 fully saturated rings. The number of para-hydroxylation sites is 1. The minimum Gasteiger partial charge on any atom is -0.398 e. The van der Waals surface area contributed by atoms with Crippen LogP contribution in [0.4, 0.5) is 22.7 Å². The van der Waals surface area contributed by atoms with E-state index in [9.17, 15) is 35.4 Å². The fraction of sp³-hybridized carbons (Fsp3) is 0.100. The van der Waals surface area contributed by atoms with Gasteiger partial charge >= 0.3 is 5.69 Å². The summed E-state index contributed by atoms with van der Waals surface area (Å²) in [4.78, 5) is 9.38. The standard InChI is InChI=1S/C20H21N5O8S3/c1-24(2)36(32,33)18-10-6-9-17(20(18)25(26)27)22-14-11-12-16(21)19(13-14)35(30,31)23-34(28,29)15-7-4-3-5-8-15/h3-13,22-23H,21H2,1-2H3. The molecule has 192 valence electrons. The largest absolute Gasteiger partial charge is 0.398 e. The van der Waals surface area contributed by atoms with Crippen molar-refractivity contribution in [1.29, 1.82) is 0 Å². The Hall–Kier alpha value is -3.57. The second-order valence-corrected chi connectivity index (χ2v) is 13.2. The molecule has 0 amide bonds. The maximum absolute atomic E-state index is 12.9. The summed E-state index contributed by atoms with van der Waals surface area (Å²) in [6, 6.07) is 13.8. The van der Waals surface area contributed by atoms with Gasteiger partial charge in [0.25, 0.3) is 20.0 Å². The quantitative estimate of drug-likeness (QED) is 0.199. The van der Waals surface area contributed by atoms with Gasteiger partial charge in [0.1, 0.15) is 10.6 Å². The van der Waals surface area contributed by atoms with Gasteiger partial charge in [0.2, 0.25) is 10.0 Å². The second-order valence-electron chi connectivity index (χ2n) is 7.48. The Morgan fingerprint density at radius 1 is 0.833 bits per heavy atom. The van der Waals surface area contributed by atoms with Crippen LogP contribution in [0.1, 0.15) is 0 Å². The Labute approximate surface area is 207 Å². The van der Waals surface area contributed by atoms with E-state index < -0.39 is 50.5 Å². The van der Waals surface area contributed by atoms with E-state index >= 15 is 0 Å². The summed E-state index contributed by atoms with van der Waals surface area (Å²) in [6.07, 6.45) is 0. The highest BCUT2D eigenvalue weighted by Gasteiger charge is 2.31. The van der Waals surface area contributed by atoms with Crippen molar-refractivity contribution in [2.75, 3.05) is 25.1 Å². The number of nitro groups is 1. The fourth-order valence-electron chi connectivity index (χ4n) is 3.05. The molecule has 4 N–H and O–H groups in total. The highest BCUT2D eigenvalue weighted by atomic mass is 32.3. The zero-order chi connectivity index (χ0) is 26.9. The van der Waals surface area contributed by atoms with Gasteiger partial charge in [0, 0.05) is 19.8 Å². The predicted molar refractivity (Wildman–Crippen MR) is 132 cm³/mol. The number of anilines is 3. The molecule has 0 bridgehead atoms. The maximum atomic E-state index is 12.9. The third kappa shape index (κ3) is 5.47. The molecule has 13 nitrogen and oxygen atoms in total. The van der Waals surface area contributed by atoms with Crippen molar-refractivity contribution in [3.8, 4) is 0 Å². The van der Waals surface area contributed by atoms with Gasteiger partial charge in [-0.2, -0.15) is 0 Å². The van der Waals surface area contributed by atoms with Crippen LogP contribution in [0.2, 0.25) is 0 Å². The number of nitrogens with one attached hydrogen (secondary N) is 2. The van der Waals surface area contributed by atoms with Crippen molar-refractivity contribution in [3.05, 3.63) is 76.8 Å². The Morgan fingerprint density at radius 3 is 2.06 bits per heavy atom. The molecule has 0 spiro atoms. The van der Waals surface area contributed by atoms with Gasteiger partial charge in [-0.1, -0.05) is 24.3 Å². The molecular weight excluding hydrogens is 534 g/mol. The molecule has 3 aromatic carbocycles. The van der Waals surface area contributed by atoms with Crippen LogP contribution in [-0.2, 0) is 30.1 Å². The molecule has 0 saturated carbocycles. The van der Waals surface area contributed by atoms with Crippen LogP contribution in [0.3, 0.4) is 0 Å². The molecule has 0 saturated heterocycles. The van der Waals surface area contributed by atoms with E-state index in [-0.39, 0.29) is 22.0 Å². The molecule has 0 aliphatic rings. The van der Waals surface area contributed by atoms with Crippen LogP contribution in [0.5, 0.6) is 0 Å². The summed E-state index contributed by atoms with van der Waals surface area (Å²) >= 11 is 0. The lowest BCUT2D eigenvalue weighted by atomic mass is 10.2. The molecule has 16 heteroatoms. The summed E-state index contributed by atoms with van der Waals surface area (Å²) in [5, 5.41) is 14.4. The van der Waals surface area contributed by atoms with E-state index in [0.717, 1.165) is 22.5 Å².